The van der Waals surface area contributed by atoms with Gasteiger partial charge in [-0.15, -0.1) is 11.3 Å². The molecule has 0 saturated heterocycles. The van der Waals surface area contributed by atoms with Gasteiger partial charge in [0.15, 0.2) is 5.75 Å². The Bertz CT molecular complexity index is 1210. The van der Waals surface area contributed by atoms with Gasteiger partial charge >= 0.3 is 11.6 Å². The van der Waals surface area contributed by atoms with Crippen molar-refractivity contribution in [2.75, 3.05) is 24.7 Å². The van der Waals surface area contributed by atoms with E-state index in [1.165, 1.54) is 32.3 Å². The van der Waals surface area contributed by atoms with Crippen molar-refractivity contribution in [3.8, 4) is 5.75 Å². The van der Waals surface area contributed by atoms with Crippen molar-refractivity contribution >= 4 is 38.7 Å². The third kappa shape index (κ3) is 4.66. The average molecular weight is 482 g/mol. The molecule has 3 aromatic rings. The van der Waals surface area contributed by atoms with Crippen molar-refractivity contribution in [1.29, 1.82) is 0 Å². The summed E-state index contributed by atoms with van der Waals surface area (Å²) in [4.78, 5) is 2.13. The lowest BCUT2D eigenvalue weighted by atomic mass is 9.86. The Morgan fingerprint density at radius 2 is 1.94 bits per heavy atom. The first-order valence-electron chi connectivity index (χ1n) is 9.76. The molecule has 0 radical (unpaired) electrons. The molecule has 32 heavy (non-hydrogen) atoms. The highest BCUT2D eigenvalue weighted by molar-refractivity contribution is 7.89. The van der Waals surface area contributed by atoms with Crippen molar-refractivity contribution in [3.05, 3.63) is 45.3 Å². The molecule has 3 rings (SSSR count). The van der Waals surface area contributed by atoms with Crippen LogP contribution in [-0.4, -0.2) is 37.1 Å². The number of hydrogen-bond donors (Lipinski definition) is 3. The lowest BCUT2D eigenvalue weighted by Crippen LogP contribution is -2.33. The quantitative estimate of drug-likeness (QED) is 0.344. The van der Waals surface area contributed by atoms with E-state index in [1.54, 1.807) is 11.3 Å². The van der Waals surface area contributed by atoms with Crippen LogP contribution in [0.3, 0.4) is 0 Å². The molecule has 0 bridgehead atoms. The number of aromatic nitrogens is 2. The zero-order valence-electron chi connectivity index (χ0n) is 18.7. The number of benzene rings is 1. The summed E-state index contributed by atoms with van der Waals surface area (Å²) in [5.74, 6) is -0.470. The SMILES string of the molecule is Cc1ccc([C@H](Nc2c(Nc3cccc(S(=O)(=O)N(C)C)c3O)no[n+]2[O-])C(C)(C)C)s1. The highest BCUT2D eigenvalue weighted by atomic mass is 32.2. The van der Waals surface area contributed by atoms with Crippen molar-refractivity contribution in [3.63, 3.8) is 0 Å². The number of phenols is 1. The second-order valence-electron chi connectivity index (χ2n) is 8.58. The van der Waals surface area contributed by atoms with Gasteiger partial charge in [-0.25, -0.2) is 12.7 Å². The monoisotopic (exact) mass is 481 g/mol. The Balaban J connectivity index is 1.98. The van der Waals surface area contributed by atoms with Gasteiger partial charge in [-0.1, -0.05) is 31.7 Å². The first-order chi connectivity index (χ1) is 14.8. The Kier molecular flexibility index (Phi) is 6.40. The topological polar surface area (TPSA) is 135 Å². The second kappa shape index (κ2) is 8.60. The first kappa shape index (κ1) is 23.8. The highest BCUT2D eigenvalue weighted by Crippen LogP contribution is 2.40. The number of aryl methyl sites for hydroxylation is 1. The molecule has 174 valence electrons. The molecule has 0 aliphatic carbocycles. The molecule has 0 saturated carbocycles. The molecule has 0 unspecified atom stereocenters. The van der Waals surface area contributed by atoms with E-state index in [2.05, 4.69) is 15.8 Å². The minimum Gasteiger partial charge on any atom is -0.504 e. The van der Waals surface area contributed by atoms with Gasteiger partial charge < -0.3 is 20.3 Å². The number of anilines is 3. The van der Waals surface area contributed by atoms with Gasteiger partial charge in [0.1, 0.15) is 10.9 Å². The van der Waals surface area contributed by atoms with Crippen LogP contribution >= 0.6 is 11.3 Å². The van der Waals surface area contributed by atoms with E-state index in [4.69, 9.17) is 4.63 Å². The van der Waals surface area contributed by atoms with E-state index in [0.717, 1.165) is 14.1 Å². The van der Waals surface area contributed by atoms with Gasteiger partial charge in [-0.3, -0.25) is 5.32 Å². The van der Waals surface area contributed by atoms with E-state index < -0.39 is 15.8 Å². The second-order valence-corrected chi connectivity index (χ2v) is 12.0. The van der Waals surface area contributed by atoms with E-state index >= 15 is 0 Å². The molecule has 0 spiro atoms. The molecule has 12 heteroatoms. The van der Waals surface area contributed by atoms with Gasteiger partial charge in [0, 0.05) is 29.3 Å². The molecule has 0 amide bonds. The minimum atomic E-state index is -3.88. The maximum atomic E-state index is 12.5. The fourth-order valence-electron chi connectivity index (χ4n) is 3.07. The summed E-state index contributed by atoms with van der Waals surface area (Å²) in [5, 5.41) is 32.7. The van der Waals surface area contributed by atoms with Crippen LogP contribution in [0.4, 0.5) is 17.3 Å². The summed E-state index contributed by atoms with van der Waals surface area (Å²) >= 11 is 1.61. The minimum absolute atomic E-state index is 0.0104. The Morgan fingerprint density at radius 3 is 2.50 bits per heavy atom. The van der Waals surface area contributed by atoms with Crippen molar-refractivity contribution < 1.29 is 23.1 Å². The first-order valence-corrected chi connectivity index (χ1v) is 12.0. The smallest absolute Gasteiger partial charge is 0.320 e. The molecule has 2 heterocycles. The van der Waals surface area contributed by atoms with Gasteiger partial charge in [0.25, 0.3) is 0 Å². The number of nitrogens with zero attached hydrogens (tertiary/aromatic N) is 3. The molecular formula is C20H27N5O5S2. The lowest BCUT2D eigenvalue weighted by Gasteiger charge is -2.28. The summed E-state index contributed by atoms with van der Waals surface area (Å²) in [5.41, 5.74) is -0.204. The summed E-state index contributed by atoms with van der Waals surface area (Å²) in [6.07, 6.45) is 0. The predicted octanol–water partition coefficient (Wildman–Crippen LogP) is 3.58. The summed E-state index contributed by atoms with van der Waals surface area (Å²) in [6.45, 7) is 8.12. The number of para-hydroxylation sites is 1. The van der Waals surface area contributed by atoms with Crippen LogP contribution < -0.4 is 15.5 Å². The third-order valence-corrected chi connectivity index (χ3v) is 7.73. The van der Waals surface area contributed by atoms with E-state index in [0.29, 0.717) is 0 Å². The van der Waals surface area contributed by atoms with Crippen LogP contribution in [-0.2, 0) is 10.0 Å². The Morgan fingerprint density at radius 1 is 1.25 bits per heavy atom. The normalized spacial score (nSPS) is 13.3. The van der Waals surface area contributed by atoms with E-state index in [9.17, 15) is 18.7 Å². The standard InChI is InChI=1S/C20H27N5O5S2/c1-12-10-11-14(31-12)17(20(2,3)4)22-19-18(23-30-25(19)27)21-13-8-7-9-15(16(13)26)32(28,29)24(5)6/h7-11,17,22,26H,1-6H3,(H,21,23)/t17-/m0/s1. The molecule has 3 N–H and O–H groups in total. The third-order valence-electron chi connectivity index (χ3n) is 4.82. The average Bonchev–Trinajstić information content (AvgIpc) is 3.26. The van der Waals surface area contributed by atoms with E-state index in [1.807, 2.05) is 39.8 Å². The van der Waals surface area contributed by atoms with Crippen LogP contribution in [0.15, 0.2) is 39.9 Å². The molecule has 0 aliphatic heterocycles. The van der Waals surface area contributed by atoms with Crippen LogP contribution in [0, 0.1) is 17.5 Å². The lowest BCUT2D eigenvalue weighted by molar-refractivity contribution is -0.791. The number of phenolic OH excluding ortho intramolecular Hbond substituents is 1. The van der Waals surface area contributed by atoms with Gasteiger partial charge in [-0.2, -0.15) is 0 Å². The number of thiophene rings is 1. The maximum Gasteiger partial charge on any atom is 0.320 e. The van der Waals surface area contributed by atoms with Gasteiger partial charge in [0.2, 0.25) is 10.0 Å². The maximum absolute atomic E-state index is 12.5. The van der Waals surface area contributed by atoms with Crippen LogP contribution in [0.1, 0.15) is 36.6 Å². The molecule has 2 aromatic heterocycles. The van der Waals surface area contributed by atoms with E-state index in [-0.39, 0.29) is 38.6 Å². The molecule has 1 atom stereocenters. The Labute approximate surface area is 191 Å². The number of sulfonamides is 1. The number of aromatic hydroxyl groups is 1. The zero-order chi connectivity index (χ0) is 23.8. The Hall–Kier alpha value is -2.83. The zero-order valence-corrected chi connectivity index (χ0v) is 20.3. The predicted molar refractivity (Wildman–Crippen MR) is 123 cm³/mol. The van der Waals surface area contributed by atoms with Crippen LogP contribution in [0.5, 0.6) is 5.75 Å². The van der Waals surface area contributed by atoms with Crippen LogP contribution in [0.2, 0.25) is 0 Å². The summed E-state index contributed by atoms with van der Waals surface area (Å²) in [6, 6.07) is 8.01. The van der Waals surface area contributed by atoms with Crippen LogP contribution in [0.25, 0.3) is 0 Å². The number of nitrogens with one attached hydrogen (secondary N) is 2. The molecule has 0 fully saturated rings. The molecule has 1 aromatic carbocycles. The highest BCUT2D eigenvalue weighted by Gasteiger charge is 2.34. The van der Waals surface area contributed by atoms with Gasteiger partial charge in [0.05, 0.1) is 5.69 Å². The number of rotatable bonds is 7. The van der Waals surface area contributed by atoms with Crippen molar-refractivity contribution in [1.82, 2.24) is 9.46 Å². The fraction of sp³-hybridized carbons (Fsp3) is 0.400. The summed E-state index contributed by atoms with van der Waals surface area (Å²) < 4.78 is 30.7. The molecular weight excluding hydrogens is 454 g/mol. The fourth-order valence-corrected chi connectivity index (χ4v) is 5.24. The van der Waals surface area contributed by atoms with Crippen molar-refractivity contribution in [2.24, 2.45) is 5.41 Å². The molecule has 10 nitrogen and oxygen atoms in total. The largest absolute Gasteiger partial charge is 0.504 e. The molecule has 0 aliphatic rings. The van der Waals surface area contributed by atoms with Crippen molar-refractivity contribution in [2.45, 2.75) is 38.6 Å². The number of hydrogen-bond acceptors (Lipinski definition) is 9. The van der Waals surface area contributed by atoms with Gasteiger partial charge in [-0.05, 0) is 36.3 Å². The summed E-state index contributed by atoms with van der Waals surface area (Å²) in [7, 11) is -1.14.